The van der Waals surface area contributed by atoms with E-state index in [1.807, 2.05) is 13.0 Å². The van der Waals surface area contributed by atoms with Crippen LogP contribution < -0.4 is 4.74 Å². The summed E-state index contributed by atoms with van der Waals surface area (Å²) in [7, 11) is 0. The number of piperidine rings is 1. The molecule has 0 radical (unpaired) electrons. The van der Waals surface area contributed by atoms with Crippen LogP contribution in [0.25, 0.3) is 0 Å². The summed E-state index contributed by atoms with van der Waals surface area (Å²) in [5.41, 5.74) is 1.27. The number of ether oxygens (including phenoxy) is 1. The lowest BCUT2D eigenvalue weighted by Crippen LogP contribution is -2.58. The van der Waals surface area contributed by atoms with E-state index in [1.165, 1.54) is 31.5 Å². The molecular weight excluding hydrogens is 350 g/mol. The summed E-state index contributed by atoms with van der Waals surface area (Å²) < 4.78 is 5.82. The number of aliphatic hydroxyl groups is 1. The van der Waals surface area contributed by atoms with E-state index in [0.29, 0.717) is 24.7 Å². The van der Waals surface area contributed by atoms with Crippen molar-refractivity contribution < 1.29 is 9.84 Å². The minimum Gasteiger partial charge on any atom is -0.494 e. The molecule has 2 aliphatic rings. The van der Waals surface area contributed by atoms with Crippen LogP contribution in [0, 0.1) is 0 Å². The summed E-state index contributed by atoms with van der Waals surface area (Å²) >= 11 is 0. The summed E-state index contributed by atoms with van der Waals surface area (Å²) in [6.45, 7) is 14.2. The zero-order valence-electron chi connectivity index (χ0n) is 18.0. The largest absolute Gasteiger partial charge is 0.494 e. The summed E-state index contributed by atoms with van der Waals surface area (Å²) in [5.74, 6) is 1.01. The lowest BCUT2D eigenvalue weighted by atomic mass is 9.97. The highest BCUT2D eigenvalue weighted by molar-refractivity contribution is 5.33. The summed E-state index contributed by atoms with van der Waals surface area (Å²) in [6.07, 6.45) is 3.38. The highest BCUT2D eigenvalue weighted by Gasteiger charge is 2.34. The summed E-state index contributed by atoms with van der Waals surface area (Å²) in [6, 6.07) is 10.2. The standard InChI is InChI=1S/C23H39N3O2/c1-4-28-23-8-6-5-7-20(23)17-24-14-15-26(22(18-24)11-16-27)21-9-12-25(13-10-21)19(2)3/h5-8,19,21-22,27H,4,9-18H2,1-3H3. The van der Waals surface area contributed by atoms with Crippen molar-refractivity contribution >= 4 is 0 Å². The number of rotatable bonds is 8. The van der Waals surface area contributed by atoms with Gasteiger partial charge >= 0.3 is 0 Å². The fraction of sp³-hybridized carbons (Fsp3) is 0.739. The first-order chi connectivity index (χ1) is 13.6. The monoisotopic (exact) mass is 389 g/mol. The number of hydrogen-bond donors (Lipinski definition) is 1. The van der Waals surface area contributed by atoms with Crippen LogP contribution in [0.15, 0.2) is 24.3 Å². The Hall–Kier alpha value is -1.14. The van der Waals surface area contributed by atoms with Crippen molar-refractivity contribution in [2.24, 2.45) is 0 Å². The molecule has 2 fully saturated rings. The van der Waals surface area contributed by atoms with Gasteiger partial charge in [0.1, 0.15) is 5.75 Å². The number of nitrogens with zero attached hydrogens (tertiary/aromatic N) is 3. The Bertz CT molecular complexity index is 587. The van der Waals surface area contributed by atoms with Crippen LogP contribution in [-0.4, -0.2) is 83.9 Å². The van der Waals surface area contributed by atoms with Crippen molar-refractivity contribution in [1.82, 2.24) is 14.7 Å². The maximum absolute atomic E-state index is 9.67. The molecule has 2 saturated heterocycles. The lowest BCUT2D eigenvalue weighted by molar-refractivity contribution is -0.000223. The van der Waals surface area contributed by atoms with Gasteiger partial charge in [0, 0.05) is 56.5 Å². The van der Waals surface area contributed by atoms with E-state index in [-0.39, 0.29) is 6.61 Å². The molecule has 158 valence electrons. The van der Waals surface area contributed by atoms with Crippen molar-refractivity contribution in [1.29, 1.82) is 0 Å². The van der Waals surface area contributed by atoms with Gasteiger partial charge in [-0.1, -0.05) is 18.2 Å². The molecule has 1 aromatic rings. The zero-order chi connectivity index (χ0) is 19.9. The number of hydrogen-bond acceptors (Lipinski definition) is 5. The fourth-order valence-electron chi connectivity index (χ4n) is 4.87. The van der Waals surface area contributed by atoms with Gasteiger partial charge in [0.25, 0.3) is 0 Å². The summed E-state index contributed by atoms with van der Waals surface area (Å²) in [5, 5.41) is 9.67. The molecule has 0 amide bonds. The number of aliphatic hydroxyl groups excluding tert-OH is 1. The van der Waals surface area contributed by atoms with E-state index in [9.17, 15) is 5.11 Å². The molecule has 3 rings (SSSR count). The lowest BCUT2D eigenvalue weighted by Gasteiger charge is -2.48. The Morgan fingerprint density at radius 2 is 1.86 bits per heavy atom. The fourth-order valence-corrected chi connectivity index (χ4v) is 4.87. The van der Waals surface area contributed by atoms with Gasteiger partial charge in [0.15, 0.2) is 0 Å². The quantitative estimate of drug-likeness (QED) is 0.740. The highest BCUT2D eigenvalue weighted by atomic mass is 16.5. The normalized spacial score (nSPS) is 23.4. The Labute approximate surface area is 171 Å². The number of benzene rings is 1. The van der Waals surface area contributed by atoms with Gasteiger partial charge in [-0.3, -0.25) is 9.80 Å². The van der Waals surface area contributed by atoms with Gasteiger partial charge in [-0.25, -0.2) is 0 Å². The third-order valence-corrected chi connectivity index (χ3v) is 6.44. The van der Waals surface area contributed by atoms with Gasteiger partial charge in [0.05, 0.1) is 6.61 Å². The predicted octanol–water partition coefficient (Wildman–Crippen LogP) is 2.83. The molecule has 1 atom stereocenters. The molecule has 0 aromatic heterocycles. The number of likely N-dealkylation sites (tertiary alicyclic amines) is 1. The topological polar surface area (TPSA) is 39.2 Å². The van der Waals surface area contributed by atoms with Crippen molar-refractivity contribution in [2.45, 2.75) is 64.7 Å². The van der Waals surface area contributed by atoms with Gasteiger partial charge < -0.3 is 14.7 Å². The molecule has 2 heterocycles. The molecule has 0 aliphatic carbocycles. The average Bonchev–Trinajstić information content (AvgIpc) is 2.70. The number of piperazine rings is 1. The molecule has 1 N–H and O–H groups in total. The van der Waals surface area contributed by atoms with Crippen LogP contribution in [0.2, 0.25) is 0 Å². The minimum atomic E-state index is 0.273. The molecule has 28 heavy (non-hydrogen) atoms. The van der Waals surface area contributed by atoms with Crippen molar-refractivity contribution in [2.75, 3.05) is 45.9 Å². The van der Waals surface area contributed by atoms with Gasteiger partial charge in [-0.2, -0.15) is 0 Å². The maximum atomic E-state index is 9.67. The Morgan fingerprint density at radius 3 is 2.54 bits per heavy atom. The van der Waals surface area contributed by atoms with Crippen molar-refractivity contribution in [3.63, 3.8) is 0 Å². The minimum absolute atomic E-state index is 0.273. The molecular formula is C23H39N3O2. The zero-order valence-corrected chi connectivity index (χ0v) is 18.0. The highest BCUT2D eigenvalue weighted by Crippen LogP contribution is 2.26. The van der Waals surface area contributed by atoms with E-state index >= 15 is 0 Å². The second-order valence-electron chi connectivity index (χ2n) is 8.54. The van der Waals surface area contributed by atoms with Gasteiger partial charge in [-0.15, -0.1) is 0 Å². The molecule has 1 aromatic carbocycles. The van der Waals surface area contributed by atoms with E-state index in [4.69, 9.17) is 4.74 Å². The molecule has 2 aliphatic heterocycles. The van der Waals surface area contributed by atoms with Crippen LogP contribution in [0.4, 0.5) is 0 Å². The van der Waals surface area contributed by atoms with Crippen LogP contribution in [0.5, 0.6) is 5.75 Å². The Balaban J connectivity index is 1.60. The first kappa shape index (κ1) is 21.6. The Morgan fingerprint density at radius 1 is 1.11 bits per heavy atom. The first-order valence-corrected chi connectivity index (χ1v) is 11.2. The van der Waals surface area contributed by atoms with Crippen molar-refractivity contribution in [3.8, 4) is 5.75 Å². The predicted molar refractivity (Wildman–Crippen MR) is 115 cm³/mol. The van der Waals surface area contributed by atoms with Crippen LogP contribution >= 0.6 is 0 Å². The van der Waals surface area contributed by atoms with E-state index in [1.54, 1.807) is 0 Å². The van der Waals surface area contributed by atoms with Crippen molar-refractivity contribution in [3.05, 3.63) is 29.8 Å². The second-order valence-corrected chi connectivity index (χ2v) is 8.54. The average molecular weight is 390 g/mol. The molecule has 1 unspecified atom stereocenters. The van der Waals surface area contributed by atoms with Crippen LogP contribution in [-0.2, 0) is 6.54 Å². The molecule has 0 saturated carbocycles. The maximum Gasteiger partial charge on any atom is 0.123 e. The van der Waals surface area contributed by atoms with Gasteiger partial charge in [0.2, 0.25) is 0 Å². The van der Waals surface area contributed by atoms with E-state index in [2.05, 4.69) is 46.7 Å². The van der Waals surface area contributed by atoms with E-state index in [0.717, 1.165) is 38.3 Å². The van der Waals surface area contributed by atoms with Crippen LogP contribution in [0.3, 0.4) is 0 Å². The molecule has 5 heteroatoms. The molecule has 5 nitrogen and oxygen atoms in total. The second kappa shape index (κ2) is 10.6. The third-order valence-electron chi connectivity index (χ3n) is 6.44. The summed E-state index contributed by atoms with van der Waals surface area (Å²) in [4.78, 5) is 7.84. The molecule has 0 spiro atoms. The smallest absolute Gasteiger partial charge is 0.123 e. The molecule has 0 bridgehead atoms. The van der Waals surface area contributed by atoms with Gasteiger partial charge in [-0.05, 0) is 59.2 Å². The number of para-hydroxylation sites is 1. The van der Waals surface area contributed by atoms with Crippen LogP contribution in [0.1, 0.15) is 45.6 Å². The SMILES string of the molecule is CCOc1ccccc1CN1CCN(C2CCN(C(C)C)CC2)C(CCO)C1. The van der Waals surface area contributed by atoms with E-state index < -0.39 is 0 Å². The third kappa shape index (κ3) is 5.47. The first-order valence-electron chi connectivity index (χ1n) is 11.2. The Kier molecular flexibility index (Phi) is 8.15.